The summed E-state index contributed by atoms with van der Waals surface area (Å²) >= 11 is 1.87. The Morgan fingerprint density at radius 3 is 3.00 bits per heavy atom. The van der Waals surface area contributed by atoms with E-state index < -0.39 is 0 Å². The van der Waals surface area contributed by atoms with Crippen LogP contribution in [0.25, 0.3) is 0 Å². The van der Waals surface area contributed by atoms with E-state index in [0.29, 0.717) is 6.04 Å². The van der Waals surface area contributed by atoms with Crippen molar-refractivity contribution in [3.63, 3.8) is 0 Å². The maximum atomic E-state index is 6.03. The van der Waals surface area contributed by atoms with E-state index >= 15 is 0 Å². The molecule has 2 aliphatic rings. The SMILES string of the molecule is CNC1CCCc2nc(C3(C)CCCCO3)sc21. The largest absolute Gasteiger partial charge is 0.368 e. The Balaban J connectivity index is 1.92. The van der Waals surface area contributed by atoms with Crippen LogP contribution in [0.2, 0.25) is 0 Å². The van der Waals surface area contributed by atoms with Gasteiger partial charge in [0, 0.05) is 17.5 Å². The fourth-order valence-corrected chi connectivity index (χ4v) is 4.41. The minimum Gasteiger partial charge on any atom is -0.368 e. The van der Waals surface area contributed by atoms with Crippen LogP contribution in [0.4, 0.5) is 0 Å². The molecule has 1 saturated heterocycles. The molecule has 0 amide bonds. The minimum atomic E-state index is -0.126. The molecule has 0 bridgehead atoms. The van der Waals surface area contributed by atoms with Crippen molar-refractivity contribution in [2.45, 2.75) is 57.1 Å². The van der Waals surface area contributed by atoms with Gasteiger partial charge in [0.2, 0.25) is 0 Å². The van der Waals surface area contributed by atoms with Crippen molar-refractivity contribution in [2.24, 2.45) is 0 Å². The van der Waals surface area contributed by atoms with Gasteiger partial charge >= 0.3 is 0 Å². The maximum Gasteiger partial charge on any atom is 0.125 e. The number of hydrogen-bond donors (Lipinski definition) is 1. The number of ether oxygens (including phenoxy) is 1. The summed E-state index contributed by atoms with van der Waals surface area (Å²) in [4.78, 5) is 6.35. The van der Waals surface area contributed by atoms with E-state index in [0.717, 1.165) is 19.4 Å². The maximum absolute atomic E-state index is 6.03. The molecule has 2 unspecified atom stereocenters. The van der Waals surface area contributed by atoms with Gasteiger partial charge in [-0.2, -0.15) is 0 Å². The first-order valence-electron chi connectivity index (χ1n) is 7.04. The Morgan fingerprint density at radius 2 is 2.28 bits per heavy atom. The van der Waals surface area contributed by atoms with Crippen LogP contribution < -0.4 is 5.32 Å². The van der Waals surface area contributed by atoms with Crippen molar-refractivity contribution in [3.05, 3.63) is 15.6 Å². The van der Waals surface area contributed by atoms with Crippen molar-refractivity contribution >= 4 is 11.3 Å². The first-order chi connectivity index (χ1) is 8.73. The molecule has 0 radical (unpaired) electrons. The van der Waals surface area contributed by atoms with Crippen LogP contribution >= 0.6 is 11.3 Å². The zero-order chi connectivity index (χ0) is 12.6. The average molecular weight is 266 g/mol. The minimum absolute atomic E-state index is 0.126. The van der Waals surface area contributed by atoms with Gasteiger partial charge in [-0.25, -0.2) is 4.98 Å². The van der Waals surface area contributed by atoms with Gasteiger partial charge in [-0.05, 0) is 52.5 Å². The second-order valence-electron chi connectivity index (χ2n) is 5.60. The highest BCUT2D eigenvalue weighted by Crippen LogP contribution is 2.41. The summed E-state index contributed by atoms with van der Waals surface area (Å²) in [5.41, 5.74) is 1.19. The van der Waals surface area contributed by atoms with E-state index in [1.165, 1.54) is 41.3 Å². The topological polar surface area (TPSA) is 34.2 Å². The summed E-state index contributed by atoms with van der Waals surface area (Å²) in [6, 6.07) is 0.507. The number of hydrogen-bond acceptors (Lipinski definition) is 4. The molecular formula is C14H22N2OS. The van der Waals surface area contributed by atoms with Crippen LogP contribution in [-0.2, 0) is 16.8 Å². The number of nitrogens with zero attached hydrogens (tertiary/aromatic N) is 1. The highest BCUT2D eigenvalue weighted by Gasteiger charge is 2.35. The van der Waals surface area contributed by atoms with Gasteiger partial charge < -0.3 is 10.1 Å². The summed E-state index contributed by atoms with van der Waals surface area (Å²) < 4.78 is 6.03. The molecule has 0 saturated carbocycles. The molecule has 1 aliphatic carbocycles. The lowest BCUT2D eigenvalue weighted by molar-refractivity contribution is -0.0702. The molecule has 1 N–H and O–H groups in total. The smallest absolute Gasteiger partial charge is 0.125 e. The summed E-state index contributed by atoms with van der Waals surface area (Å²) in [6.45, 7) is 3.10. The molecule has 2 heterocycles. The third kappa shape index (κ3) is 2.10. The van der Waals surface area contributed by atoms with Crippen molar-refractivity contribution in [1.29, 1.82) is 0 Å². The summed E-state index contributed by atoms with van der Waals surface area (Å²) in [5.74, 6) is 0. The number of fused-ring (bicyclic) bond motifs is 1. The predicted octanol–water partition coefficient (Wildman–Crippen LogP) is 3.16. The molecule has 0 aromatic carbocycles. The molecule has 1 aliphatic heterocycles. The summed E-state index contributed by atoms with van der Waals surface area (Å²) in [6.07, 6.45) is 7.20. The summed E-state index contributed by atoms with van der Waals surface area (Å²) in [5, 5.41) is 4.62. The lowest BCUT2D eigenvalue weighted by Gasteiger charge is -2.31. The number of aryl methyl sites for hydroxylation is 1. The normalized spacial score (nSPS) is 32.2. The molecule has 4 heteroatoms. The quantitative estimate of drug-likeness (QED) is 0.893. The number of rotatable bonds is 2. The zero-order valence-electron chi connectivity index (χ0n) is 11.3. The van der Waals surface area contributed by atoms with Gasteiger partial charge in [0.1, 0.15) is 10.6 Å². The molecule has 3 rings (SSSR count). The summed E-state index contributed by atoms with van der Waals surface area (Å²) in [7, 11) is 2.05. The van der Waals surface area contributed by atoms with E-state index in [4.69, 9.17) is 9.72 Å². The van der Waals surface area contributed by atoms with Crippen LogP contribution in [0.15, 0.2) is 0 Å². The van der Waals surface area contributed by atoms with Crippen LogP contribution in [-0.4, -0.2) is 18.6 Å². The molecule has 100 valence electrons. The number of aromatic nitrogens is 1. The van der Waals surface area contributed by atoms with Gasteiger partial charge in [0.05, 0.1) is 5.69 Å². The van der Waals surface area contributed by atoms with E-state index in [2.05, 4.69) is 19.3 Å². The molecule has 18 heavy (non-hydrogen) atoms. The highest BCUT2D eigenvalue weighted by molar-refractivity contribution is 7.12. The average Bonchev–Trinajstić information content (AvgIpc) is 2.84. The van der Waals surface area contributed by atoms with Crippen molar-refractivity contribution in [2.75, 3.05) is 13.7 Å². The van der Waals surface area contributed by atoms with E-state index in [9.17, 15) is 0 Å². The van der Waals surface area contributed by atoms with Crippen molar-refractivity contribution in [1.82, 2.24) is 10.3 Å². The first kappa shape index (κ1) is 12.6. The predicted molar refractivity (Wildman–Crippen MR) is 74.0 cm³/mol. The van der Waals surface area contributed by atoms with Gasteiger partial charge in [-0.3, -0.25) is 0 Å². The van der Waals surface area contributed by atoms with Crippen LogP contribution in [0.3, 0.4) is 0 Å². The molecular weight excluding hydrogens is 244 g/mol. The monoisotopic (exact) mass is 266 g/mol. The Morgan fingerprint density at radius 1 is 1.39 bits per heavy atom. The molecule has 0 spiro atoms. The number of nitrogens with one attached hydrogen (secondary N) is 1. The molecule has 2 atom stereocenters. The molecule has 1 fully saturated rings. The Bertz CT molecular complexity index is 423. The number of thiazole rings is 1. The van der Waals surface area contributed by atoms with Crippen molar-refractivity contribution in [3.8, 4) is 0 Å². The van der Waals surface area contributed by atoms with Crippen LogP contribution in [0, 0.1) is 0 Å². The third-order valence-electron chi connectivity index (χ3n) is 4.22. The molecule has 1 aromatic rings. The first-order valence-corrected chi connectivity index (χ1v) is 7.86. The molecule has 1 aromatic heterocycles. The standard InChI is InChI=1S/C14H22N2OS/c1-14(8-3-4-9-17-14)13-16-11-7-5-6-10(15-2)12(11)18-13/h10,15H,3-9H2,1-2H3. The van der Waals surface area contributed by atoms with Crippen LogP contribution in [0.5, 0.6) is 0 Å². The fraction of sp³-hybridized carbons (Fsp3) is 0.786. The Labute approximate surface area is 113 Å². The van der Waals surface area contributed by atoms with E-state index in [1.807, 2.05) is 11.3 Å². The van der Waals surface area contributed by atoms with Gasteiger partial charge in [-0.15, -0.1) is 11.3 Å². The Kier molecular flexibility index (Phi) is 3.43. The fourth-order valence-electron chi connectivity index (χ4n) is 3.02. The molecule has 3 nitrogen and oxygen atoms in total. The third-order valence-corrected chi connectivity index (χ3v) is 5.68. The second kappa shape index (κ2) is 4.91. The van der Waals surface area contributed by atoms with Crippen molar-refractivity contribution < 1.29 is 4.74 Å². The highest BCUT2D eigenvalue weighted by atomic mass is 32.1. The zero-order valence-corrected chi connectivity index (χ0v) is 12.1. The lowest BCUT2D eigenvalue weighted by atomic mass is 9.96. The van der Waals surface area contributed by atoms with Gasteiger partial charge in [0.15, 0.2) is 0 Å². The second-order valence-corrected chi connectivity index (χ2v) is 6.63. The van der Waals surface area contributed by atoms with Gasteiger partial charge in [0.25, 0.3) is 0 Å². The Hall–Kier alpha value is -0.450. The van der Waals surface area contributed by atoms with E-state index in [-0.39, 0.29) is 5.60 Å². The lowest BCUT2D eigenvalue weighted by Crippen LogP contribution is -2.30. The van der Waals surface area contributed by atoms with Gasteiger partial charge in [-0.1, -0.05) is 0 Å². The van der Waals surface area contributed by atoms with Crippen LogP contribution in [0.1, 0.15) is 60.6 Å². The van der Waals surface area contributed by atoms with E-state index in [1.54, 1.807) is 0 Å².